The number of aliphatic hydroxyl groups excluding tert-OH is 1. The molecule has 28 heavy (non-hydrogen) atoms. The average molecular weight is 379 g/mol. The first-order valence-electron chi connectivity index (χ1n) is 9.94. The van der Waals surface area contributed by atoms with E-state index in [9.17, 15) is 5.11 Å². The Morgan fingerprint density at radius 3 is 2.86 bits per heavy atom. The first-order valence-corrected chi connectivity index (χ1v) is 9.94. The number of fused-ring (bicyclic) bond motifs is 1. The van der Waals surface area contributed by atoms with E-state index in [-0.39, 0.29) is 18.1 Å². The Balaban J connectivity index is 1.51. The second kappa shape index (κ2) is 6.83. The zero-order valence-electron chi connectivity index (χ0n) is 16.1. The van der Waals surface area contributed by atoms with Gasteiger partial charge in [-0.15, -0.1) is 0 Å². The minimum absolute atomic E-state index is 0.0137. The van der Waals surface area contributed by atoms with Crippen molar-refractivity contribution in [2.24, 2.45) is 0 Å². The quantitative estimate of drug-likeness (QED) is 0.750. The molecular weight excluding hydrogens is 354 g/mol. The molecule has 7 heteroatoms. The monoisotopic (exact) mass is 379 g/mol. The molecule has 146 valence electrons. The summed E-state index contributed by atoms with van der Waals surface area (Å²) in [5.41, 5.74) is 2.74. The van der Waals surface area contributed by atoms with Gasteiger partial charge in [0.05, 0.1) is 31.0 Å². The summed E-state index contributed by atoms with van der Waals surface area (Å²) in [6.07, 6.45) is 7.08. The van der Waals surface area contributed by atoms with Gasteiger partial charge in [0.25, 0.3) is 0 Å². The number of rotatable bonds is 4. The number of nitrogens with zero attached hydrogens (tertiary/aromatic N) is 5. The molecule has 7 nitrogen and oxygen atoms in total. The fraction of sp³-hybridized carbons (Fsp3) is 0.476. The van der Waals surface area contributed by atoms with Crippen molar-refractivity contribution in [3.8, 4) is 5.82 Å². The van der Waals surface area contributed by atoms with Gasteiger partial charge < -0.3 is 14.7 Å². The van der Waals surface area contributed by atoms with Crippen molar-refractivity contribution in [3.63, 3.8) is 0 Å². The molecule has 0 spiro atoms. The van der Waals surface area contributed by atoms with Gasteiger partial charge in [0.15, 0.2) is 5.82 Å². The summed E-state index contributed by atoms with van der Waals surface area (Å²) in [5.74, 6) is 1.58. The van der Waals surface area contributed by atoms with Crippen molar-refractivity contribution in [2.75, 3.05) is 31.2 Å². The lowest BCUT2D eigenvalue weighted by Crippen LogP contribution is -2.44. The van der Waals surface area contributed by atoms with E-state index in [0.29, 0.717) is 13.2 Å². The van der Waals surface area contributed by atoms with E-state index < -0.39 is 0 Å². The number of morpholine rings is 1. The molecule has 0 radical (unpaired) electrons. The van der Waals surface area contributed by atoms with E-state index in [1.807, 2.05) is 16.9 Å². The Morgan fingerprint density at radius 2 is 2.07 bits per heavy atom. The van der Waals surface area contributed by atoms with Gasteiger partial charge >= 0.3 is 0 Å². The van der Waals surface area contributed by atoms with E-state index in [1.54, 1.807) is 6.33 Å². The van der Waals surface area contributed by atoms with Crippen LogP contribution in [-0.4, -0.2) is 57.3 Å². The zero-order chi connectivity index (χ0) is 19.1. The smallest absolute Gasteiger partial charge is 0.159 e. The summed E-state index contributed by atoms with van der Waals surface area (Å²) in [7, 11) is 0. The first-order chi connectivity index (χ1) is 13.7. The molecule has 2 fully saturated rings. The molecule has 1 aliphatic carbocycles. The van der Waals surface area contributed by atoms with Crippen LogP contribution in [0, 0.1) is 0 Å². The lowest BCUT2D eigenvalue weighted by Gasteiger charge is -2.39. The maximum Gasteiger partial charge on any atom is 0.159 e. The SMILES string of the molecule is CC1(c2ccc3cnn(-c4cc(N5CCO[C@H](CO)C5)ncn4)c3c2)CCC1. The highest BCUT2D eigenvalue weighted by atomic mass is 16.5. The molecule has 0 bridgehead atoms. The molecule has 0 unspecified atom stereocenters. The van der Waals surface area contributed by atoms with E-state index >= 15 is 0 Å². The highest BCUT2D eigenvalue weighted by Gasteiger charge is 2.33. The second-order valence-corrected chi connectivity index (χ2v) is 8.10. The summed E-state index contributed by atoms with van der Waals surface area (Å²) in [5, 5.41) is 15.1. The molecule has 1 atom stereocenters. The van der Waals surface area contributed by atoms with Crippen LogP contribution in [0.1, 0.15) is 31.7 Å². The molecule has 5 rings (SSSR count). The van der Waals surface area contributed by atoms with E-state index in [0.717, 1.165) is 29.1 Å². The minimum Gasteiger partial charge on any atom is -0.394 e. The Bertz CT molecular complexity index is 997. The number of benzene rings is 1. The lowest BCUT2D eigenvalue weighted by atomic mass is 9.66. The fourth-order valence-electron chi connectivity index (χ4n) is 4.24. The molecular formula is C21H25N5O2. The maximum absolute atomic E-state index is 9.40. The molecule has 2 aromatic heterocycles. The topological polar surface area (TPSA) is 76.3 Å². The van der Waals surface area contributed by atoms with Crippen molar-refractivity contribution in [1.82, 2.24) is 19.7 Å². The van der Waals surface area contributed by atoms with Gasteiger partial charge in [-0.25, -0.2) is 14.6 Å². The third-order valence-corrected chi connectivity index (χ3v) is 6.25. The Hall–Kier alpha value is -2.51. The van der Waals surface area contributed by atoms with Gasteiger partial charge in [-0.2, -0.15) is 5.10 Å². The van der Waals surface area contributed by atoms with Crippen molar-refractivity contribution >= 4 is 16.7 Å². The molecule has 2 aliphatic rings. The minimum atomic E-state index is -0.177. The molecule has 1 saturated carbocycles. The number of aliphatic hydroxyl groups is 1. The summed E-state index contributed by atoms with van der Waals surface area (Å²) < 4.78 is 7.45. The number of aromatic nitrogens is 4. The molecule has 1 aliphatic heterocycles. The maximum atomic E-state index is 9.40. The van der Waals surface area contributed by atoms with Crippen molar-refractivity contribution < 1.29 is 9.84 Å². The van der Waals surface area contributed by atoms with Crippen molar-refractivity contribution in [1.29, 1.82) is 0 Å². The summed E-state index contributed by atoms with van der Waals surface area (Å²) >= 11 is 0. The lowest BCUT2D eigenvalue weighted by molar-refractivity contribution is 0.00335. The summed E-state index contributed by atoms with van der Waals surface area (Å²) in [6, 6.07) is 8.62. The van der Waals surface area contributed by atoms with Crippen LogP contribution < -0.4 is 4.90 Å². The predicted molar refractivity (Wildman–Crippen MR) is 107 cm³/mol. The second-order valence-electron chi connectivity index (χ2n) is 8.10. The molecule has 1 aromatic carbocycles. The van der Waals surface area contributed by atoms with Gasteiger partial charge in [-0.1, -0.05) is 25.5 Å². The molecule has 0 amide bonds. The number of anilines is 1. The Labute approximate surface area is 164 Å². The van der Waals surface area contributed by atoms with Crippen molar-refractivity contribution in [2.45, 2.75) is 37.7 Å². The van der Waals surface area contributed by atoms with Crippen LogP contribution in [0.25, 0.3) is 16.7 Å². The van der Waals surface area contributed by atoms with Gasteiger partial charge in [0, 0.05) is 24.5 Å². The van der Waals surface area contributed by atoms with Crippen LogP contribution in [0.2, 0.25) is 0 Å². The predicted octanol–water partition coefficient (Wildman–Crippen LogP) is 2.45. The van der Waals surface area contributed by atoms with E-state index in [1.165, 1.54) is 24.8 Å². The van der Waals surface area contributed by atoms with Gasteiger partial charge in [0.1, 0.15) is 12.1 Å². The van der Waals surface area contributed by atoms with Crippen LogP contribution in [0.3, 0.4) is 0 Å². The Kier molecular flexibility index (Phi) is 4.29. The first kappa shape index (κ1) is 17.6. The normalized spacial score (nSPS) is 21.6. The highest BCUT2D eigenvalue weighted by Crippen LogP contribution is 2.43. The number of ether oxygens (including phenoxy) is 1. The van der Waals surface area contributed by atoms with Crippen molar-refractivity contribution in [3.05, 3.63) is 42.4 Å². The summed E-state index contributed by atoms with van der Waals surface area (Å²) in [6.45, 7) is 4.30. The molecule has 3 heterocycles. The van der Waals surface area contributed by atoms with Gasteiger partial charge in [-0.05, 0) is 29.9 Å². The van der Waals surface area contributed by atoms with Crippen LogP contribution in [0.15, 0.2) is 36.8 Å². The van der Waals surface area contributed by atoms with E-state index in [4.69, 9.17) is 4.74 Å². The molecule has 1 saturated heterocycles. The molecule has 3 aromatic rings. The average Bonchev–Trinajstić information content (AvgIpc) is 3.15. The van der Waals surface area contributed by atoms with Crippen LogP contribution in [0.5, 0.6) is 0 Å². The third-order valence-electron chi connectivity index (χ3n) is 6.25. The fourth-order valence-corrected chi connectivity index (χ4v) is 4.24. The number of hydrogen-bond acceptors (Lipinski definition) is 6. The van der Waals surface area contributed by atoms with E-state index in [2.05, 4.69) is 45.1 Å². The van der Waals surface area contributed by atoms with Crippen LogP contribution in [-0.2, 0) is 10.2 Å². The standard InChI is InChI=1S/C21H25N5O2/c1-21(5-2-6-21)16-4-3-15-11-24-26(18(15)9-16)20-10-19(22-14-23-20)25-7-8-28-17(12-25)13-27/h3-4,9-11,14,17,27H,2,5-8,12-13H2,1H3/t17-/m0/s1. The van der Waals surface area contributed by atoms with Gasteiger partial charge in [0.2, 0.25) is 0 Å². The summed E-state index contributed by atoms with van der Waals surface area (Å²) in [4.78, 5) is 11.0. The zero-order valence-corrected chi connectivity index (χ0v) is 16.1. The largest absolute Gasteiger partial charge is 0.394 e. The number of hydrogen-bond donors (Lipinski definition) is 1. The van der Waals surface area contributed by atoms with Crippen LogP contribution in [0.4, 0.5) is 5.82 Å². The Morgan fingerprint density at radius 1 is 1.21 bits per heavy atom. The van der Waals surface area contributed by atoms with Crippen LogP contribution >= 0.6 is 0 Å². The third kappa shape index (κ3) is 2.95. The molecule has 1 N–H and O–H groups in total. The highest BCUT2D eigenvalue weighted by molar-refractivity contribution is 5.81. The van der Waals surface area contributed by atoms with Gasteiger partial charge in [-0.3, -0.25) is 0 Å².